The zero-order chi connectivity index (χ0) is 13.3. The molecule has 1 fully saturated rings. The average Bonchev–Trinajstić information content (AvgIpc) is 3.11. The van der Waals surface area contributed by atoms with E-state index in [1.165, 1.54) is 18.4 Å². The van der Waals surface area contributed by atoms with E-state index in [1.807, 2.05) is 0 Å². The van der Waals surface area contributed by atoms with Gasteiger partial charge >= 0.3 is 0 Å². The lowest BCUT2D eigenvalue weighted by atomic mass is 10.3. The topological polar surface area (TPSA) is 45.7 Å². The van der Waals surface area contributed by atoms with Gasteiger partial charge in [0, 0.05) is 33.4 Å². The molecule has 1 saturated carbocycles. The molecule has 4 nitrogen and oxygen atoms in total. The lowest BCUT2D eigenvalue weighted by Crippen LogP contribution is -2.37. The number of rotatable bonds is 8. The molecule has 0 radical (unpaired) electrons. The molecule has 0 aromatic carbocycles. The number of hydrogen-bond donors (Lipinski definition) is 2. The third-order valence-corrected chi connectivity index (χ3v) is 3.80. The summed E-state index contributed by atoms with van der Waals surface area (Å²) in [6, 6.07) is 2.12. The van der Waals surface area contributed by atoms with E-state index in [2.05, 4.69) is 32.5 Å². The monoisotopic (exact) mass is 281 g/mol. The summed E-state index contributed by atoms with van der Waals surface area (Å²) in [6.45, 7) is 3.51. The largest absolute Gasteiger partial charge is 0.381 e. The van der Waals surface area contributed by atoms with Crippen molar-refractivity contribution in [2.75, 3.05) is 26.8 Å². The molecule has 0 atom stereocenters. The summed E-state index contributed by atoms with van der Waals surface area (Å²) >= 11 is 1.72. The minimum atomic E-state index is 0.821. The molecule has 0 aliphatic heterocycles. The van der Waals surface area contributed by atoms with Gasteiger partial charge < -0.3 is 15.4 Å². The Hall–Kier alpha value is -1.07. The van der Waals surface area contributed by atoms with Crippen molar-refractivity contribution in [2.45, 2.75) is 25.8 Å². The van der Waals surface area contributed by atoms with Crippen molar-refractivity contribution >= 4 is 17.3 Å². The fourth-order valence-electron chi connectivity index (χ4n) is 1.72. The number of nitrogens with zero attached hydrogens (tertiary/aromatic N) is 1. The van der Waals surface area contributed by atoms with Gasteiger partial charge in [-0.25, -0.2) is 0 Å². The highest BCUT2D eigenvalue weighted by Gasteiger charge is 2.20. The predicted octanol–water partition coefficient (Wildman–Crippen LogP) is 2.23. The molecular weight excluding hydrogens is 258 g/mol. The Morgan fingerprint density at radius 1 is 1.47 bits per heavy atom. The van der Waals surface area contributed by atoms with Crippen LogP contribution in [-0.4, -0.2) is 32.8 Å². The molecule has 1 aromatic rings. The molecule has 0 saturated heterocycles. The first-order valence-electron chi connectivity index (χ1n) is 6.92. The standard InChI is InChI=1S/C14H23N3OS/c1-15-14(17-9-13-5-8-19-11-13)16-6-2-7-18-10-12-3-4-12/h5,8,11-12H,2-4,6-7,9-10H2,1H3,(H2,15,16,17). The quantitative estimate of drug-likeness (QED) is 0.436. The van der Waals surface area contributed by atoms with Gasteiger partial charge in [-0.3, -0.25) is 4.99 Å². The zero-order valence-electron chi connectivity index (χ0n) is 11.5. The SMILES string of the molecule is CN=C(NCCCOCC1CC1)NCc1ccsc1. The Bertz CT molecular complexity index is 374. The number of ether oxygens (including phenoxy) is 1. The van der Waals surface area contributed by atoms with Gasteiger partial charge in [-0.1, -0.05) is 0 Å². The van der Waals surface area contributed by atoms with Gasteiger partial charge in [-0.05, 0) is 47.6 Å². The second-order valence-electron chi connectivity index (χ2n) is 4.86. The molecule has 1 aliphatic carbocycles. The summed E-state index contributed by atoms with van der Waals surface area (Å²) in [5, 5.41) is 10.8. The third kappa shape index (κ3) is 6.07. The van der Waals surface area contributed by atoms with Gasteiger partial charge in [0.15, 0.2) is 5.96 Å². The molecule has 0 bridgehead atoms. The van der Waals surface area contributed by atoms with E-state index in [9.17, 15) is 0 Å². The lowest BCUT2D eigenvalue weighted by Gasteiger charge is -2.11. The molecule has 5 heteroatoms. The molecule has 2 N–H and O–H groups in total. The molecule has 1 aliphatic rings. The predicted molar refractivity (Wildman–Crippen MR) is 80.7 cm³/mol. The Labute approximate surface area is 119 Å². The Morgan fingerprint density at radius 3 is 3.05 bits per heavy atom. The highest BCUT2D eigenvalue weighted by molar-refractivity contribution is 7.07. The van der Waals surface area contributed by atoms with Gasteiger partial charge in [0.2, 0.25) is 0 Å². The summed E-state index contributed by atoms with van der Waals surface area (Å²) in [4.78, 5) is 4.20. The molecular formula is C14H23N3OS. The molecule has 106 valence electrons. The van der Waals surface area contributed by atoms with Crippen molar-refractivity contribution in [1.29, 1.82) is 0 Å². The van der Waals surface area contributed by atoms with Crippen LogP contribution in [0.25, 0.3) is 0 Å². The smallest absolute Gasteiger partial charge is 0.191 e. The normalized spacial score (nSPS) is 15.5. The van der Waals surface area contributed by atoms with Crippen LogP contribution in [0.2, 0.25) is 0 Å². The maximum absolute atomic E-state index is 5.59. The van der Waals surface area contributed by atoms with Crippen LogP contribution in [0.3, 0.4) is 0 Å². The molecule has 1 aromatic heterocycles. The molecule has 19 heavy (non-hydrogen) atoms. The van der Waals surface area contributed by atoms with E-state index in [4.69, 9.17) is 4.74 Å². The number of guanidine groups is 1. The Morgan fingerprint density at radius 2 is 2.37 bits per heavy atom. The van der Waals surface area contributed by atoms with E-state index in [0.29, 0.717) is 0 Å². The van der Waals surface area contributed by atoms with E-state index in [-0.39, 0.29) is 0 Å². The fraction of sp³-hybridized carbons (Fsp3) is 0.643. The number of thiophene rings is 1. The highest BCUT2D eigenvalue weighted by Crippen LogP contribution is 2.28. The molecule has 2 rings (SSSR count). The highest BCUT2D eigenvalue weighted by atomic mass is 32.1. The van der Waals surface area contributed by atoms with Crippen molar-refractivity contribution in [3.63, 3.8) is 0 Å². The summed E-state index contributed by atoms with van der Waals surface area (Å²) in [5.74, 6) is 1.71. The zero-order valence-corrected chi connectivity index (χ0v) is 12.3. The van der Waals surface area contributed by atoms with Gasteiger partial charge in [0.1, 0.15) is 0 Å². The van der Waals surface area contributed by atoms with Crippen LogP contribution in [0, 0.1) is 5.92 Å². The molecule has 1 heterocycles. The summed E-state index contributed by atoms with van der Waals surface area (Å²) in [7, 11) is 1.80. The van der Waals surface area contributed by atoms with Crippen LogP contribution in [-0.2, 0) is 11.3 Å². The summed E-state index contributed by atoms with van der Waals surface area (Å²) < 4.78 is 5.59. The first kappa shape index (κ1) is 14.3. The first-order chi connectivity index (χ1) is 9.38. The minimum Gasteiger partial charge on any atom is -0.381 e. The van der Waals surface area contributed by atoms with Gasteiger partial charge in [0.25, 0.3) is 0 Å². The number of hydrogen-bond acceptors (Lipinski definition) is 3. The first-order valence-corrected chi connectivity index (χ1v) is 7.86. The van der Waals surface area contributed by atoms with Crippen molar-refractivity contribution in [3.05, 3.63) is 22.4 Å². The van der Waals surface area contributed by atoms with Crippen LogP contribution in [0.4, 0.5) is 0 Å². The Balaban J connectivity index is 1.49. The summed E-state index contributed by atoms with van der Waals surface area (Å²) in [5.41, 5.74) is 1.29. The minimum absolute atomic E-state index is 0.821. The summed E-state index contributed by atoms with van der Waals surface area (Å²) in [6.07, 6.45) is 3.74. The molecule has 0 spiro atoms. The van der Waals surface area contributed by atoms with Crippen molar-refractivity contribution < 1.29 is 4.74 Å². The van der Waals surface area contributed by atoms with Gasteiger partial charge in [-0.2, -0.15) is 11.3 Å². The van der Waals surface area contributed by atoms with Crippen LogP contribution in [0.15, 0.2) is 21.8 Å². The average molecular weight is 281 g/mol. The number of nitrogens with one attached hydrogen (secondary N) is 2. The van der Waals surface area contributed by atoms with E-state index >= 15 is 0 Å². The maximum atomic E-state index is 5.59. The molecule has 0 amide bonds. The van der Waals surface area contributed by atoms with E-state index < -0.39 is 0 Å². The molecule has 0 unspecified atom stereocenters. The fourth-order valence-corrected chi connectivity index (χ4v) is 2.38. The van der Waals surface area contributed by atoms with Crippen LogP contribution >= 0.6 is 11.3 Å². The van der Waals surface area contributed by atoms with Gasteiger partial charge in [-0.15, -0.1) is 0 Å². The lowest BCUT2D eigenvalue weighted by molar-refractivity contribution is 0.123. The van der Waals surface area contributed by atoms with Crippen molar-refractivity contribution in [2.24, 2.45) is 10.9 Å². The van der Waals surface area contributed by atoms with Crippen molar-refractivity contribution in [3.8, 4) is 0 Å². The Kier molecular flexibility index (Phi) is 6.17. The van der Waals surface area contributed by atoms with Gasteiger partial charge in [0.05, 0.1) is 0 Å². The van der Waals surface area contributed by atoms with E-state index in [0.717, 1.165) is 44.6 Å². The second kappa shape index (κ2) is 8.17. The third-order valence-electron chi connectivity index (χ3n) is 3.07. The second-order valence-corrected chi connectivity index (χ2v) is 5.64. The van der Waals surface area contributed by atoms with E-state index in [1.54, 1.807) is 18.4 Å². The van der Waals surface area contributed by atoms with Crippen LogP contribution < -0.4 is 10.6 Å². The van der Waals surface area contributed by atoms with Crippen molar-refractivity contribution in [1.82, 2.24) is 10.6 Å². The van der Waals surface area contributed by atoms with Crippen LogP contribution in [0.5, 0.6) is 0 Å². The van der Waals surface area contributed by atoms with Crippen LogP contribution in [0.1, 0.15) is 24.8 Å². The maximum Gasteiger partial charge on any atom is 0.191 e. The number of aliphatic imine (C=N–C) groups is 1.